The average Bonchev–Trinajstić information content (AvgIpc) is 2.67. The van der Waals surface area contributed by atoms with Crippen molar-refractivity contribution in [1.82, 2.24) is 15.1 Å². The first-order chi connectivity index (χ1) is 13.0. The fourth-order valence-corrected chi connectivity index (χ4v) is 2.38. The van der Waals surface area contributed by atoms with Crippen LogP contribution >= 0.6 is 0 Å². The van der Waals surface area contributed by atoms with E-state index in [-0.39, 0.29) is 23.9 Å². The summed E-state index contributed by atoms with van der Waals surface area (Å²) in [6.07, 6.45) is 0. The molecule has 2 aromatic carbocycles. The Morgan fingerprint density at radius 2 is 1.67 bits per heavy atom. The first-order valence-electron chi connectivity index (χ1n) is 7.95. The van der Waals surface area contributed by atoms with Crippen molar-refractivity contribution < 1.29 is 18.3 Å². The minimum Gasteiger partial charge on any atom is -0.481 e. The van der Waals surface area contributed by atoms with Crippen molar-refractivity contribution in [2.45, 2.75) is 6.54 Å². The second-order valence-electron chi connectivity index (χ2n) is 5.60. The quantitative estimate of drug-likeness (QED) is 0.748. The third-order valence-electron chi connectivity index (χ3n) is 3.76. The van der Waals surface area contributed by atoms with E-state index in [0.29, 0.717) is 11.3 Å². The highest BCUT2D eigenvalue weighted by Crippen LogP contribution is 2.15. The van der Waals surface area contributed by atoms with Crippen molar-refractivity contribution in [1.29, 1.82) is 0 Å². The summed E-state index contributed by atoms with van der Waals surface area (Å²) >= 11 is 0. The third-order valence-corrected chi connectivity index (χ3v) is 3.76. The summed E-state index contributed by atoms with van der Waals surface area (Å²) in [5, 5.41) is 6.62. The summed E-state index contributed by atoms with van der Waals surface area (Å²) in [7, 11) is 1.35. The Morgan fingerprint density at radius 3 is 2.26 bits per heavy atom. The van der Waals surface area contributed by atoms with Gasteiger partial charge in [0, 0.05) is 6.54 Å². The van der Waals surface area contributed by atoms with Crippen molar-refractivity contribution in [3.8, 4) is 11.6 Å². The standard InChI is InChI=1S/C19H15F2N3O3/c1-27-17-10-16(25)18(23-24(17)15-8-6-14(21)7-9-15)19(26)22-11-12-2-4-13(20)5-3-12/h2-10H,11H2,1H3,(H,22,26). The number of rotatable bonds is 5. The highest BCUT2D eigenvalue weighted by molar-refractivity contribution is 5.92. The lowest BCUT2D eigenvalue weighted by molar-refractivity contribution is 0.0942. The Morgan fingerprint density at radius 1 is 1.07 bits per heavy atom. The van der Waals surface area contributed by atoms with Crippen LogP contribution in [0.4, 0.5) is 8.78 Å². The number of hydrogen-bond donors (Lipinski definition) is 1. The number of halogens is 2. The fraction of sp³-hybridized carbons (Fsp3) is 0.105. The molecule has 1 aromatic heterocycles. The number of hydrogen-bond acceptors (Lipinski definition) is 4. The van der Waals surface area contributed by atoms with Crippen LogP contribution in [0, 0.1) is 11.6 Å². The number of amides is 1. The predicted molar refractivity (Wildman–Crippen MR) is 93.9 cm³/mol. The summed E-state index contributed by atoms with van der Waals surface area (Å²) in [6.45, 7) is 0.100. The third kappa shape index (κ3) is 4.17. The second-order valence-corrected chi connectivity index (χ2v) is 5.60. The van der Waals surface area contributed by atoms with E-state index < -0.39 is 17.2 Å². The van der Waals surface area contributed by atoms with E-state index in [1.54, 1.807) is 0 Å². The van der Waals surface area contributed by atoms with Gasteiger partial charge in [-0.15, -0.1) is 0 Å². The Bertz CT molecular complexity index is 1020. The van der Waals surface area contributed by atoms with Crippen LogP contribution < -0.4 is 15.5 Å². The van der Waals surface area contributed by atoms with Crippen LogP contribution in [-0.2, 0) is 6.54 Å². The summed E-state index contributed by atoms with van der Waals surface area (Å²) in [4.78, 5) is 24.6. The molecule has 0 saturated carbocycles. The SMILES string of the molecule is COc1cc(=O)c(C(=O)NCc2ccc(F)cc2)nn1-c1ccc(F)cc1. The van der Waals surface area contributed by atoms with E-state index in [0.717, 1.165) is 6.07 Å². The number of aromatic nitrogens is 2. The molecule has 0 aliphatic heterocycles. The van der Waals surface area contributed by atoms with E-state index in [9.17, 15) is 18.4 Å². The van der Waals surface area contributed by atoms with Gasteiger partial charge in [-0.05, 0) is 42.0 Å². The Balaban J connectivity index is 1.89. The monoisotopic (exact) mass is 371 g/mol. The number of carbonyl (C=O) groups is 1. The van der Waals surface area contributed by atoms with Crippen molar-refractivity contribution in [3.63, 3.8) is 0 Å². The molecular weight excluding hydrogens is 356 g/mol. The van der Waals surface area contributed by atoms with Gasteiger partial charge in [0.15, 0.2) is 5.69 Å². The molecule has 6 nitrogen and oxygen atoms in total. The van der Waals surface area contributed by atoms with Gasteiger partial charge in [0.1, 0.15) is 11.6 Å². The van der Waals surface area contributed by atoms with Crippen molar-refractivity contribution >= 4 is 5.91 Å². The van der Waals surface area contributed by atoms with E-state index in [1.807, 2.05) is 0 Å². The first-order valence-corrected chi connectivity index (χ1v) is 7.95. The van der Waals surface area contributed by atoms with Gasteiger partial charge < -0.3 is 10.1 Å². The maximum Gasteiger partial charge on any atom is 0.276 e. The van der Waals surface area contributed by atoms with Crippen molar-refractivity contribution in [2.75, 3.05) is 7.11 Å². The second kappa shape index (κ2) is 7.77. The van der Waals surface area contributed by atoms with Crippen molar-refractivity contribution in [3.05, 3.63) is 87.7 Å². The molecule has 3 rings (SSSR count). The van der Waals surface area contributed by atoms with Crippen LogP contribution in [0.1, 0.15) is 16.1 Å². The Hall–Kier alpha value is -3.55. The number of nitrogens with one attached hydrogen (secondary N) is 1. The van der Waals surface area contributed by atoms with Gasteiger partial charge in [0.2, 0.25) is 11.3 Å². The van der Waals surface area contributed by atoms with Crippen LogP contribution in [-0.4, -0.2) is 22.8 Å². The van der Waals surface area contributed by atoms with E-state index in [2.05, 4.69) is 10.4 Å². The molecule has 0 aliphatic carbocycles. The number of nitrogens with zero attached hydrogens (tertiary/aromatic N) is 2. The molecule has 0 saturated heterocycles. The summed E-state index contributed by atoms with van der Waals surface area (Å²) in [5.41, 5.74) is 0.113. The fourth-order valence-electron chi connectivity index (χ4n) is 2.38. The van der Waals surface area contributed by atoms with Gasteiger partial charge in [-0.1, -0.05) is 12.1 Å². The molecule has 27 heavy (non-hydrogen) atoms. The van der Waals surface area contributed by atoms with Gasteiger partial charge in [0.05, 0.1) is 18.9 Å². The van der Waals surface area contributed by atoms with E-state index >= 15 is 0 Å². The maximum absolute atomic E-state index is 13.1. The van der Waals surface area contributed by atoms with Crippen LogP contribution in [0.15, 0.2) is 59.4 Å². The number of benzene rings is 2. The molecule has 0 aliphatic rings. The zero-order chi connectivity index (χ0) is 19.4. The molecule has 1 N–H and O–H groups in total. The minimum absolute atomic E-state index is 0.0988. The van der Waals surface area contributed by atoms with Gasteiger partial charge in [-0.3, -0.25) is 9.59 Å². The molecule has 0 fully saturated rings. The molecular formula is C19H15F2N3O3. The molecule has 0 radical (unpaired) electrons. The van der Waals surface area contributed by atoms with Crippen LogP contribution in [0.5, 0.6) is 5.88 Å². The first kappa shape index (κ1) is 18.2. The summed E-state index contributed by atoms with van der Waals surface area (Å²) in [5.74, 6) is -1.41. The van der Waals surface area contributed by atoms with E-state index in [4.69, 9.17) is 4.74 Å². The predicted octanol–water partition coefficient (Wildman–Crippen LogP) is 2.45. The van der Waals surface area contributed by atoms with Crippen LogP contribution in [0.25, 0.3) is 5.69 Å². The van der Waals surface area contributed by atoms with E-state index in [1.165, 1.54) is 60.3 Å². The van der Waals surface area contributed by atoms with Gasteiger partial charge in [-0.2, -0.15) is 5.10 Å². The minimum atomic E-state index is -0.692. The van der Waals surface area contributed by atoms with Crippen molar-refractivity contribution in [2.24, 2.45) is 0 Å². The molecule has 0 bridgehead atoms. The largest absolute Gasteiger partial charge is 0.481 e. The number of carbonyl (C=O) groups excluding carboxylic acids is 1. The van der Waals surface area contributed by atoms with Gasteiger partial charge in [0.25, 0.3) is 5.91 Å². The highest BCUT2D eigenvalue weighted by atomic mass is 19.1. The van der Waals surface area contributed by atoms with Gasteiger partial charge >= 0.3 is 0 Å². The zero-order valence-corrected chi connectivity index (χ0v) is 14.3. The molecule has 0 unspecified atom stereocenters. The molecule has 3 aromatic rings. The molecule has 0 spiro atoms. The Labute approximate surface area is 153 Å². The molecule has 138 valence electrons. The van der Waals surface area contributed by atoms with Crippen LogP contribution in [0.3, 0.4) is 0 Å². The van der Waals surface area contributed by atoms with Gasteiger partial charge in [-0.25, -0.2) is 13.5 Å². The lowest BCUT2D eigenvalue weighted by atomic mass is 10.2. The number of methoxy groups -OCH3 is 1. The molecule has 0 atom stereocenters. The lowest BCUT2D eigenvalue weighted by Gasteiger charge is -2.12. The average molecular weight is 371 g/mol. The molecule has 8 heteroatoms. The normalized spacial score (nSPS) is 10.5. The van der Waals surface area contributed by atoms with Crippen LogP contribution in [0.2, 0.25) is 0 Å². The zero-order valence-electron chi connectivity index (χ0n) is 14.3. The summed E-state index contributed by atoms with van der Waals surface area (Å²) < 4.78 is 32.4. The smallest absolute Gasteiger partial charge is 0.276 e. The number of ether oxygens (including phenoxy) is 1. The topological polar surface area (TPSA) is 73.2 Å². The maximum atomic E-state index is 13.1. The highest BCUT2D eigenvalue weighted by Gasteiger charge is 2.17. The molecule has 1 amide bonds. The Kier molecular flexibility index (Phi) is 5.25. The molecule has 1 heterocycles. The lowest BCUT2D eigenvalue weighted by Crippen LogP contribution is -2.31. The summed E-state index contributed by atoms with van der Waals surface area (Å²) in [6, 6.07) is 12.0.